The van der Waals surface area contributed by atoms with Crippen molar-refractivity contribution in [1.82, 2.24) is 0 Å². The summed E-state index contributed by atoms with van der Waals surface area (Å²) in [7, 11) is 1.59. The van der Waals surface area contributed by atoms with Gasteiger partial charge in [-0.15, -0.1) is 0 Å². The number of carbonyl (C=O) groups is 2. The molecule has 0 heterocycles. The summed E-state index contributed by atoms with van der Waals surface area (Å²) in [5, 5.41) is 8.80. The van der Waals surface area contributed by atoms with Crippen LogP contribution in [0.2, 0.25) is 0 Å². The summed E-state index contributed by atoms with van der Waals surface area (Å²) in [5.74, 6) is -0.752. The van der Waals surface area contributed by atoms with Crippen LogP contribution < -0.4 is 4.74 Å². The van der Waals surface area contributed by atoms with Crippen LogP contribution in [0.25, 0.3) is 0 Å². The number of nitrogens with zero attached hydrogens (tertiary/aromatic N) is 1. The van der Waals surface area contributed by atoms with E-state index in [0.29, 0.717) is 24.5 Å². The van der Waals surface area contributed by atoms with Crippen molar-refractivity contribution in [3.05, 3.63) is 29.8 Å². The minimum absolute atomic E-state index is 0.0876. The molecule has 1 atom stereocenters. The molecular weight excluding hydrogens is 258 g/mol. The Morgan fingerprint density at radius 2 is 1.90 bits per heavy atom. The number of ether oxygens (including phenoxy) is 2. The van der Waals surface area contributed by atoms with Crippen LogP contribution in [0.4, 0.5) is 0 Å². The van der Waals surface area contributed by atoms with E-state index >= 15 is 0 Å². The molecule has 0 aromatic heterocycles. The molecule has 0 N–H and O–H groups in total. The Hall–Kier alpha value is -2.19. The molecule has 0 aliphatic rings. The third-order valence-corrected chi connectivity index (χ3v) is 2.77. The number of hydrogen-bond acceptors (Lipinski definition) is 5. The molecule has 1 unspecified atom stereocenters. The number of rotatable bonds is 8. The zero-order valence-corrected chi connectivity index (χ0v) is 11.6. The zero-order valence-electron chi connectivity index (χ0n) is 11.6. The molecule has 0 saturated heterocycles. The molecule has 5 nitrogen and oxygen atoms in total. The fourth-order valence-corrected chi connectivity index (χ4v) is 1.56. The van der Waals surface area contributed by atoms with Gasteiger partial charge >= 0.3 is 0 Å². The molecule has 0 aliphatic carbocycles. The number of benzene rings is 1. The number of Topliss-reactive ketones (excluding diaryl/α,β-unsaturated/α-hetero) is 2. The van der Waals surface area contributed by atoms with Crippen molar-refractivity contribution < 1.29 is 19.1 Å². The van der Waals surface area contributed by atoms with E-state index in [2.05, 4.69) is 0 Å². The quantitative estimate of drug-likeness (QED) is 0.536. The van der Waals surface area contributed by atoms with Crippen molar-refractivity contribution in [2.45, 2.75) is 13.3 Å². The van der Waals surface area contributed by atoms with Crippen molar-refractivity contribution in [3.8, 4) is 11.8 Å². The van der Waals surface area contributed by atoms with Gasteiger partial charge in [0, 0.05) is 19.1 Å². The Kier molecular flexibility index (Phi) is 6.41. The topological polar surface area (TPSA) is 76.4 Å². The second-order valence-corrected chi connectivity index (χ2v) is 4.29. The number of ketones is 2. The summed E-state index contributed by atoms with van der Waals surface area (Å²) in [6, 6.07) is 8.44. The van der Waals surface area contributed by atoms with Crippen LogP contribution in [0, 0.1) is 17.2 Å². The molecule has 5 heteroatoms. The normalized spacial score (nSPS) is 11.4. The second-order valence-electron chi connectivity index (χ2n) is 4.29. The van der Waals surface area contributed by atoms with Crippen molar-refractivity contribution in [2.75, 3.05) is 20.3 Å². The average Bonchev–Trinajstić information content (AvgIpc) is 2.45. The molecule has 20 heavy (non-hydrogen) atoms. The highest BCUT2D eigenvalue weighted by Gasteiger charge is 2.18. The highest BCUT2D eigenvalue weighted by atomic mass is 16.5. The maximum Gasteiger partial charge on any atom is 0.164 e. The van der Waals surface area contributed by atoms with E-state index in [-0.39, 0.29) is 18.0 Å². The lowest BCUT2D eigenvalue weighted by atomic mass is 9.96. The fourth-order valence-electron chi connectivity index (χ4n) is 1.56. The van der Waals surface area contributed by atoms with E-state index in [1.165, 1.54) is 6.92 Å². The highest BCUT2D eigenvalue weighted by Crippen LogP contribution is 2.15. The van der Waals surface area contributed by atoms with Gasteiger partial charge in [-0.1, -0.05) is 0 Å². The van der Waals surface area contributed by atoms with Crippen LogP contribution in [-0.2, 0) is 9.53 Å². The van der Waals surface area contributed by atoms with Gasteiger partial charge in [-0.05, 0) is 31.2 Å². The summed E-state index contributed by atoms with van der Waals surface area (Å²) in [4.78, 5) is 23.1. The van der Waals surface area contributed by atoms with Crippen molar-refractivity contribution in [1.29, 1.82) is 5.26 Å². The lowest BCUT2D eigenvalue weighted by Gasteiger charge is -2.07. The van der Waals surface area contributed by atoms with Gasteiger partial charge in [0.15, 0.2) is 5.78 Å². The molecule has 0 amide bonds. The molecule has 0 saturated carbocycles. The first-order valence-corrected chi connectivity index (χ1v) is 6.23. The predicted octanol–water partition coefficient (Wildman–Crippen LogP) is 2.01. The van der Waals surface area contributed by atoms with E-state index < -0.39 is 5.92 Å². The first-order chi connectivity index (χ1) is 9.58. The van der Waals surface area contributed by atoms with Gasteiger partial charge in [0.2, 0.25) is 0 Å². The standard InChI is InChI=1S/C15H17NO4/c1-11(17)13(10-16)9-15(18)12-3-5-14(6-4-12)20-8-7-19-2/h3-6,13H,7-9H2,1-2H3. The lowest BCUT2D eigenvalue weighted by molar-refractivity contribution is -0.119. The van der Waals surface area contributed by atoms with Crippen molar-refractivity contribution in [2.24, 2.45) is 5.92 Å². The van der Waals surface area contributed by atoms with Gasteiger partial charge in [-0.25, -0.2) is 0 Å². The third-order valence-electron chi connectivity index (χ3n) is 2.77. The monoisotopic (exact) mass is 275 g/mol. The number of nitriles is 1. The Bertz CT molecular complexity index is 502. The summed E-state index contributed by atoms with van der Waals surface area (Å²) in [5.41, 5.74) is 0.464. The number of hydrogen-bond donors (Lipinski definition) is 0. The molecule has 1 aromatic carbocycles. The van der Waals surface area contributed by atoms with Gasteiger partial charge in [-0.3, -0.25) is 9.59 Å². The SMILES string of the molecule is COCCOc1ccc(C(=O)CC(C#N)C(C)=O)cc1. The van der Waals surface area contributed by atoms with Crippen molar-refractivity contribution in [3.63, 3.8) is 0 Å². The van der Waals surface area contributed by atoms with E-state index in [1.807, 2.05) is 6.07 Å². The summed E-state index contributed by atoms with van der Waals surface area (Å²) < 4.78 is 10.2. The van der Waals surface area contributed by atoms with Gasteiger partial charge in [0.25, 0.3) is 0 Å². The summed E-state index contributed by atoms with van der Waals surface area (Å²) >= 11 is 0. The molecule has 0 radical (unpaired) electrons. The second kappa shape index (κ2) is 8.08. The van der Waals surface area contributed by atoms with E-state index in [4.69, 9.17) is 14.7 Å². The molecule has 1 aromatic rings. The number of methoxy groups -OCH3 is 1. The fraction of sp³-hybridized carbons (Fsp3) is 0.400. The van der Waals surface area contributed by atoms with Crippen LogP contribution in [-0.4, -0.2) is 31.9 Å². The van der Waals surface area contributed by atoms with Crippen molar-refractivity contribution >= 4 is 11.6 Å². The summed E-state index contributed by atoms with van der Waals surface area (Å²) in [6.45, 7) is 2.24. The maximum atomic E-state index is 11.9. The molecule has 0 spiro atoms. The highest BCUT2D eigenvalue weighted by molar-refractivity contribution is 5.99. The Morgan fingerprint density at radius 1 is 1.25 bits per heavy atom. The minimum Gasteiger partial charge on any atom is -0.491 e. The predicted molar refractivity (Wildman–Crippen MR) is 72.5 cm³/mol. The van der Waals surface area contributed by atoms with Crippen LogP contribution >= 0.6 is 0 Å². The van der Waals surface area contributed by atoms with Gasteiger partial charge in [-0.2, -0.15) is 5.26 Å². The Morgan fingerprint density at radius 3 is 2.40 bits per heavy atom. The lowest BCUT2D eigenvalue weighted by Crippen LogP contribution is -2.14. The number of carbonyl (C=O) groups excluding carboxylic acids is 2. The minimum atomic E-state index is -0.875. The smallest absolute Gasteiger partial charge is 0.164 e. The first kappa shape index (κ1) is 15.9. The van der Waals surface area contributed by atoms with E-state index in [0.717, 1.165) is 0 Å². The molecular formula is C15H17NO4. The molecule has 0 aliphatic heterocycles. The molecule has 0 bridgehead atoms. The van der Waals surface area contributed by atoms with E-state index in [1.54, 1.807) is 31.4 Å². The van der Waals surface area contributed by atoms with Gasteiger partial charge in [0.05, 0.1) is 12.7 Å². The third kappa shape index (κ3) is 4.82. The largest absolute Gasteiger partial charge is 0.491 e. The first-order valence-electron chi connectivity index (χ1n) is 6.23. The Labute approximate surface area is 118 Å². The molecule has 1 rings (SSSR count). The van der Waals surface area contributed by atoms with Crippen LogP contribution in [0.5, 0.6) is 5.75 Å². The van der Waals surface area contributed by atoms with Gasteiger partial charge in [0.1, 0.15) is 24.1 Å². The molecule has 106 valence electrons. The van der Waals surface area contributed by atoms with Crippen LogP contribution in [0.15, 0.2) is 24.3 Å². The van der Waals surface area contributed by atoms with Crippen LogP contribution in [0.3, 0.4) is 0 Å². The average molecular weight is 275 g/mol. The van der Waals surface area contributed by atoms with Gasteiger partial charge < -0.3 is 9.47 Å². The maximum absolute atomic E-state index is 11.9. The van der Waals surface area contributed by atoms with E-state index in [9.17, 15) is 9.59 Å². The molecule has 0 fully saturated rings. The Balaban J connectivity index is 2.62. The zero-order chi connectivity index (χ0) is 15.0. The summed E-state index contributed by atoms with van der Waals surface area (Å²) in [6.07, 6.45) is -0.0876. The van der Waals surface area contributed by atoms with Crippen LogP contribution in [0.1, 0.15) is 23.7 Å².